The molecule has 18 heavy (non-hydrogen) atoms. The summed E-state index contributed by atoms with van der Waals surface area (Å²) in [5.74, 6) is 1.46. The Morgan fingerprint density at radius 1 is 1.17 bits per heavy atom. The second kappa shape index (κ2) is 5.12. The SMILES string of the molecule is Clc1ccccc1-c1ncc(C2CCNCC2)[nH]1. The highest BCUT2D eigenvalue weighted by molar-refractivity contribution is 6.33. The Balaban J connectivity index is 1.87. The summed E-state index contributed by atoms with van der Waals surface area (Å²) >= 11 is 6.18. The van der Waals surface area contributed by atoms with Crippen molar-refractivity contribution in [3.63, 3.8) is 0 Å². The van der Waals surface area contributed by atoms with E-state index in [2.05, 4.69) is 15.3 Å². The molecule has 1 aromatic heterocycles. The van der Waals surface area contributed by atoms with Gasteiger partial charge in [0.2, 0.25) is 0 Å². The number of hydrogen-bond acceptors (Lipinski definition) is 2. The molecule has 2 N–H and O–H groups in total. The average Bonchev–Trinajstić information content (AvgIpc) is 2.90. The standard InChI is InChI=1S/C14H16ClN3/c15-12-4-2-1-3-11(12)14-17-9-13(18-14)10-5-7-16-8-6-10/h1-4,9-10,16H,5-8H2,(H,17,18). The summed E-state index contributed by atoms with van der Waals surface area (Å²) in [5, 5.41) is 4.12. The number of piperidine rings is 1. The normalized spacial score (nSPS) is 16.9. The van der Waals surface area contributed by atoms with Gasteiger partial charge >= 0.3 is 0 Å². The molecule has 1 aromatic carbocycles. The molecule has 0 bridgehead atoms. The van der Waals surface area contributed by atoms with Gasteiger partial charge in [0.25, 0.3) is 0 Å². The molecule has 0 saturated carbocycles. The molecule has 4 heteroatoms. The number of nitrogens with zero attached hydrogens (tertiary/aromatic N) is 1. The van der Waals surface area contributed by atoms with Gasteiger partial charge < -0.3 is 10.3 Å². The Hall–Kier alpha value is -1.32. The summed E-state index contributed by atoms with van der Waals surface area (Å²) in [6, 6.07) is 7.80. The minimum atomic E-state index is 0.593. The van der Waals surface area contributed by atoms with Crippen LogP contribution in [0.25, 0.3) is 11.4 Å². The number of aromatic amines is 1. The van der Waals surface area contributed by atoms with Gasteiger partial charge in [0.1, 0.15) is 5.82 Å². The van der Waals surface area contributed by atoms with Crippen molar-refractivity contribution in [3.05, 3.63) is 41.2 Å². The van der Waals surface area contributed by atoms with Gasteiger partial charge in [-0.2, -0.15) is 0 Å². The zero-order chi connectivity index (χ0) is 12.4. The fourth-order valence-electron chi connectivity index (χ4n) is 2.47. The van der Waals surface area contributed by atoms with E-state index in [1.54, 1.807) is 0 Å². The van der Waals surface area contributed by atoms with Crippen molar-refractivity contribution in [2.45, 2.75) is 18.8 Å². The van der Waals surface area contributed by atoms with E-state index in [9.17, 15) is 0 Å². The molecule has 1 fully saturated rings. The maximum Gasteiger partial charge on any atom is 0.138 e. The van der Waals surface area contributed by atoms with Crippen LogP contribution >= 0.6 is 11.6 Å². The molecule has 1 saturated heterocycles. The second-order valence-corrected chi connectivity index (χ2v) is 5.10. The van der Waals surface area contributed by atoms with Crippen molar-refractivity contribution in [2.75, 3.05) is 13.1 Å². The van der Waals surface area contributed by atoms with Crippen LogP contribution in [0.2, 0.25) is 5.02 Å². The van der Waals surface area contributed by atoms with Gasteiger partial charge in [0.15, 0.2) is 0 Å². The van der Waals surface area contributed by atoms with Crippen molar-refractivity contribution in [2.24, 2.45) is 0 Å². The van der Waals surface area contributed by atoms with Gasteiger partial charge in [-0.1, -0.05) is 23.7 Å². The zero-order valence-corrected chi connectivity index (χ0v) is 10.9. The molecule has 0 spiro atoms. The number of nitrogens with one attached hydrogen (secondary N) is 2. The monoisotopic (exact) mass is 261 g/mol. The predicted molar refractivity (Wildman–Crippen MR) is 73.9 cm³/mol. The first kappa shape index (κ1) is 11.8. The van der Waals surface area contributed by atoms with E-state index in [1.165, 1.54) is 18.5 Å². The third kappa shape index (κ3) is 2.28. The average molecular weight is 262 g/mol. The number of hydrogen-bond donors (Lipinski definition) is 2. The lowest BCUT2D eigenvalue weighted by atomic mass is 9.95. The van der Waals surface area contributed by atoms with Crippen LogP contribution in [-0.4, -0.2) is 23.1 Å². The minimum Gasteiger partial charge on any atom is -0.342 e. The lowest BCUT2D eigenvalue weighted by Crippen LogP contribution is -2.26. The molecular formula is C14H16ClN3. The third-order valence-electron chi connectivity index (χ3n) is 3.50. The summed E-state index contributed by atoms with van der Waals surface area (Å²) in [6.45, 7) is 2.18. The Labute approximate surface area is 112 Å². The van der Waals surface area contributed by atoms with Crippen LogP contribution in [0.1, 0.15) is 24.5 Å². The minimum absolute atomic E-state index is 0.593. The first-order valence-corrected chi connectivity index (χ1v) is 6.73. The van der Waals surface area contributed by atoms with Crippen molar-refractivity contribution >= 4 is 11.6 Å². The molecule has 0 unspecified atom stereocenters. The lowest BCUT2D eigenvalue weighted by molar-refractivity contribution is 0.454. The molecule has 2 heterocycles. The van der Waals surface area contributed by atoms with Crippen molar-refractivity contribution in [1.29, 1.82) is 0 Å². The number of benzene rings is 1. The summed E-state index contributed by atoms with van der Waals surface area (Å²) in [6.07, 6.45) is 4.29. The molecule has 3 rings (SSSR count). The summed E-state index contributed by atoms with van der Waals surface area (Å²) < 4.78 is 0. The van der Waals surface area contributed by atoms with Crippen LogP contribution in [0.3, 0.4) is 0 Å². The topological polar surface area (TPSA) is 40.7 Å². The number of rotatable bonds is 2. The van der Waals surface area contributed by atoms with E-state index in [1.807, 2.05) is 30.5 Å². The Kier molecular flexibility index (Phi) is 3.35. The fraction of sp³-hybridized carbons (Fsp3) is 0.357. The Morgan fingerprint density at radius 3 is 2.72 bits per heavy atom. The van der Waals surface area contributed by atoms with Crippen LogP contribution in [0.15, 0.2) is 30.5 Å². The van der Waals surface area contributed by atoms with Gasteiger partial charge in [-0.15, -0.1) is 0 Å². The highest BCUT2D eigenvalue weighted by Gasteiger charge is 2.18. The number of halogens is 1. The van der Waals surface area contributed by atoms with Crippen LogP contribution in [0, 0.1) is 0 Å². The highest BCUT2D eigenvalue weighted by Crippen LogP contribution is 2.29. The Bertz CT molecular complexity index is 529. The maximum absolute atomic E-state index is 6.18. The van der Waals surface area contributed by atoms with Gasteiger partial charge in [0, 0.05) is 23.4 Å². The summed E-state index contributed by atoms with van der Waals surface area (Å²) in [7, 11) is 0. The molecule has 0 aliphatic carbocycles. The largest absolute Gasteiger partial charge is 0.342 e. The van der Waals surface area contributed by atoms with E-state index in [0.29, 0.717) is 5.92 Å². The first-order valence-electron chi connectivity index (χ1n) is 6.35. The van der Waals surface area contributed by atoms with Crippen molar-refractivity contribution in [1.82, 2.24) is 15.3 Å². The maximum atomic E-state index is 6.18. The molecule has 0 radical (unpaired) electrons. The molecule has 0 atom stereocenters. The van der Waals surface area contributed by atoms with Crippen molar-refractivity contribution < 1.29 is 0 Å². The van der Waals surface area contributed by atoms with E-state index in [4.69, 9.17) is 11.6 Å². The smallest absolute Gasteiger partial charge is 0.138 e. The molecule has 2 aromatic rings. The van der Waals surface area contributed by atoms with E-state index in [-0.39, 0.29) is 0 Å². The molecule has 1 aliphatic rings. The van der Waals surface area contributed by atoms with Crippen LogP contribution in [-0.2, 0) is 0 Å². The zero-order valence-electron chi connectivity index (χ0n) is 10.1. The third-order valence-corrected chi connectivity index (χ3v) is 3.83. The van der Waals surface area contributed by atoms with Gasteiger partial charge in [0.05, 0.1) is 5.02 Å². The van der Waals surface area contributed by atoms with Crippen LogP contribution < -0.4 is 5.32 Å². The molecular weight excluding hydrogens is 246 g/mol. The fourth-order valence-corrected chi connectivity index (χ4v) is 2.69. The van der Waals surface area contributed by atoms with Gasteiger partial charge in [-0.3, -0.25) is 0 Å². The molecule has 3 nitrogen and oxygen atoms in total. The van der Waals surface area contributed by atoms with E-state index in [0.717, 1.165) is 29.5 Å². The number of aromatic nitrogens is 2. The number of H-pyrrole nitrogens is 1. The summed E-state index contributed by atoms with van der Waals surface area (Å²) in [4.78, 5) is 7.88. The molecule has 0 amide bonds. The lowest BCUT2D eigenvalue weighted by Gasteiger charge is -2.21. The van der Waals surface area contributed by atoms with E-state index >= 15 is 0 Å². The second-order valence-electron chi connectivity index (χ2n) is 4.69. The molecule has 1 aliphatic heterocycles. The Morgan fingerprint density at radius 2 is 1.94 bits per heavy atom. The number of imidazole rings is 1. The van der Waals surface area contributed by atoms with Gasteiger partial charge in [-0.05, 0) is 38.1 Å². The molecule has 94 valence electrons. The predicted octanol–water partition coefficient (Wildman–Crippen LogP) is 3.20. The highest BCUT2D eigenvalue weighted by atomic mass is 35.5. The first-order chi connectivity index (χ1) is 8.84. The van der Waals surface area contributed by atoms with Gasteiger partial charge in [-0.25, -0.2) is 4.98 Å². The van der Waals surface area contributed by atoms with Crippen molar-refractivity contribution in [3.8, 4) is 11.4 Å². The quantitative estimate of drug-likeness (QED) is 0.872. The van der Waals surface area contributed by atoms with Crippen LogP contribution in [0.4, 0.5) is 0 Å². The summed E-state index contributed by atoms with van der Waals surface area (Å²) in [5.41, 5.74) is 2.20. The van der Waals surface area contributed by atoms with Crippen LogP contribution in [0.5, 0.6) is 0 Å². The van der Waals surface area contributed by atoms with E-state index < -0.39 is 0 Å².